The van der Waals surface area contributed by atoms with E-state index < -0.39 is 0 Å². The Morgan fingerprint density at radius 1 is 0.844 bits per heavy atom. The average Bonchev–Trinajstić information content (AvgIpc) is 2.77. The highest BCUT2D eigenvalue weighted by Crippen LogP contribution is 2.22. The Kier molecular flexibility index (Phi) is 7.67. The fourth-order valence-corrected chi connectivity index (χ4v) is 3.44. The number of carbonyl (C=O) groups excluding carboxylic acids is 2. The molecule has 0 radical (unpaired) electrons. The lowest BCUT2D eigenvalue weighted by Crippen LogP contribution is -2.19. The molecule has 0 saturated heterocycles. The maximum absolute atomic E-state index is 12.4. The molecule has 2 amide bonds. The van der Waals surface area contributed by atoms with Crippen LogP contribution in [-0.2, 0) is 0 Å². The third kappa shape index (κ3) is 5.96. The van der Waals surface area contributed by atoms with Crippen molar-refractivity contribution < 1.29 is 9.59 Å². The number of halogens is 2. The van der Waals surface area contributed by atoms with Gasteiger partial charge in [0.15, 0.2) is 0 Å². The minimum atomic E-state index is -0.333. The van der Waals surface area contributed by atoms with E-state index in [-0.39, 0.29) is 16.8 Å². The summed E-state index contributed by atoms with van der Waals surface area (Å²) in [7, 11) is 0. The van der Waals surface area contributed by atoms with Crippen LogP contribution in [0.1, 0.15) is 58.5 Å². The van der Waals surface area contributed by atoms with Gasteiger partial charge in [-0.1, -0.05) is 61.3 Å². The van der Waals surface area contributed by atoms with Gasteiger partial charge in [-0.2, -0.15) is 5.10 Å². The molecule has 0 saturated carbocycles. The standard InChI is InChI=1S/C25H23Cl2N3O2/c1-15(2)17-4-6-19(7-5-17)24(31)30-29-16(3)18-8-11-21(12-9-18)28-25(32)22-13-10-20(26)14-23(22)27/h4-15H,1-3H3,(H,28,32)(H,30,31). The van der Waals surface area contributed by atoms with Gasteiger partial charge in [-0.05, 0) is 66.4 Å². The third-order valence-corrected chi connectivity index (χ3v) is 5.45. The van der Waals surface area contributed by atoms with Gasteiger partial charge >= 0.3 is 0 Å². The summed E-state index contributed by atoms with van der Waals surface area (Å²) in [4.78, 5) is 24.8. The van der Waals surface area contributed by atoms with E-state index in [0.717, 1.165) is 5.56 Å². The fourth-order valence-electron chi connectivity index (χ4n) is 2.95. The first-order valence-electron chi connectivity index (χ1n) is 10.1. The van der Waals surface area contributed by atoms with Crippen molar-refractivity contribution in [2.45, 2.75) is 26.7 Å². The number of anilines is 1. The highest BCUT2D eigenvalue weighted by molar-refractivity contribution is 6.37. The summed E-state index contributed by atoms with van der Waals surface area (Å²) >= 11 is 12.0. The van der Waals surface area contributed by atoms with Gasteiger partial charge in [0.05, 0.1) is 16.3 Å². The van der Waals surface area contributed by atoms with E-state index in [1.165, 1.54) is 11.6 Å². The number of carbonyl (C=O) groups is 2. The predicted octanol–water partition coefficient (Wildman–Crippen LogP) is 6.52. The Morgan fingerprint density at radius 2 is 1.47 bits per heavy atom. The minimum absolute atomic E-state index is 0.275. The number of hydrazone groups is 1. The first kappa shape index (κ1) is 23.5. The number of hydrogen-bond donors (Lipinski definition) is 2. The largest absolute Gasteiger partial charge is 0.322 e. The summed E-state index contributed by atoms with van der Waals surface area (Å²) in [5.74, 6) is -0.202. The molecule has 0 aliphatic rings. The summed E-state index contributed by atoms with van der Waals surface area (Å²) < 4.78 is 0. The molecule has 32 heavy (non-hydrogen) atoms. The fraction of sp³-hybridized carbons (Fsp3) is 0.160. The molecule has 0 atom stereocenters. The third-order valence-electron chi connectivity index (χ3n) is 4.90. The quantitative estimate of drug-likeness (QED) is 0.319. The number of nitrogens with zero attached hydrogens (tertiary/aromatic N) is 1. The van der Waals surface area contributed by atoms with Crippen LogP contribution >= 0.6 is 23.2 Å². The van der Waals surface area contributed by atoms with Crippen molar-refractivity contribution in [3.05, 3.63) is 99.0 Å². The van der Waals surface area contributed by atoms with Crippen molar-refractivity contribution in [3.63, 3.8) is 0 Å². The van der Waals surface area contributed by atoms with Crippen molar-refractivity contribution in [1.82, 2.24) is 5.43 Å². The molecule has 2 N–H and O–H groups in total. The lowest BCUT2D eigenvalue weighted by molar-refractivity contribution is 0.0954. The first-order valence-corrected chi connectivity index (χ1v) is 10.8. The molecule has 0 heterocycles. The number of benzene rings is 3. The van der Waals surface area contributed by atoms with E-state index in [0.29, 0.717) is 33.5 Å². The Morgan fingerprint density at radius 3 is 2.06 bits per heavy atom. The minimum Gasteiger partial charge on any atom is -0.322 e. The molecule has 3 aromatic rings. The second-order valence-electron chi connectivity index (χ2n) is 7.57. The molecular formula is C25H23Cl2N3O2. The van der Waals surface area contributed by atoms with Crippen molar-refractivity contribution in [1.29, 1.82) is 0 Å². The lowest BCUT2D eigenvalue weighted by atomic mass is 10.0. The van der Waals surface area contributed by atoms with Crippen molar-refractivity contribution in [2.24, 2.45) is 5.10 Å². The van der Waals surface area contributed by atoms with Gasteiger partial charge in [0.2, 0.25) is 0 Å². The zero-order valence-corrected chi connectivity index (χ0v) is 19.5. The van der Waals surface area contributed by atoms with Crippen LogP contribution < -0.4 is 10.7 Å². The maximum Gasteiger partial charge on any atom is 0.271 e. The van der Waals surface area contributed by atoms with E-state index in [9.17, 15) is 9.59 Å². The molecule has 0 aromatic heterocycles. The first-order chi connectivity index (χ1) is 15.2. The van der Waals surface area contributed by atoms with Crippen LogP contribution in [0.3, 0.4) is 0 Å². The van der Waals surface area contributed by atoms with E-state index in [1.807, 2.05) is 24.3 Å². The zero-order valence-electron chi connectivity index (χ0n) is 17.9. The summed E-state index contributed by atoms with van der Waals surface area (Å²) in [5, 5.41) is 7.72. The van der Waals surface area contributed by atoms with Crippen LogP contribution in [0.25, 0.3) is 0 Å². The summed E-state index contributed by atoms with van der Waals surface area (Å²) in [6, 6.07) is 19.3. The molecule has 7 heteroatoms. The molecule has 3 rings (SSSR count). The molecular weight excluding hydrogens is 445 g/mol. The number of amides is 2. The second-order valence-corrected chi connectivity index (χ2v) is 8.41. The van der Waals surface area contributed by atoms with Crippen LogP contribution in [0.2, 0.25) is 10.0 Å². The van der Waals surface area contributed by atoms with E-state index in [4.69, 9.17) is 23.2 Å². The second kappa shape index (κ2) is 10.4. The average molecular weight is 468 g/mol. The smallest absolute Gasteiger partial charge is 0.271 e. The normalized spacial score (nSPS) is 11.4. The Bertz CT molecular complexity index is 1150. The van der Waals surface area contributed by atoms with Crippen LogP contribution in [0.15, 0.2) is 71.8 Å². The van der Waals surface area contributed by atoms with Crippen molar-refractivity contribution in [3.8, 4) is 0 Å². The maximum atomic E-state index is 12.4. The monoisotopic (exact) mass is 467 g/mol. The molecule has 0 bridgehead atoms. The van der Waals surface area contributed by atoms with Gasteiger partial charge in [-0.15, -0.1) is 0 Å². The molecule has 5 nitrogen and oxygen atoms in total. The topological polar surface area (TPSA) is 70.6 Å². The van der Waals surface area contributed by atoms with Crippen molar-refractivity contribution in [2.75, 3.05) is 5.32 Å². The van der Waals surface area contributed by atoms with E-state index in [2.05, 4.69) is 29.7 Å². The Labute approximate surface area is 197 Å². The van der Waals surface area contributed by atoms with Crippen LogP contribution in [0, 0.1) is 0 Å². The van der Waals surface area contributed by atoms with Gasteiger partial charge in [-0.25, -0.2) is 5.43 Å². The van der Waals surface area contributed by atoms with Crippen LogP contribution in [0.4, 0.5) is 5.69 Å². The van der Waals surface area contributed by atoms with Crippen molar-refractivity contribution >= 4 is 46.4 Å². The summed E-state index contributed by atoms with van der Waals surface area (Å²) in [6.07, 6.45) is 0. The Hall–Kier alpha value is -3.15. The lowest BCUT2D eigenvalue weighted by Gasteiger charge is -2.09. The molecule has 0 spiro atoms. The molecule has 0 aliphatic heterocycles. The van der Waals surface area contributed by atoms with Crippen LogP contribution in [0.5, 0.6) is 0 Å². The molecule has 0 unspecified atom stereocenters. The van der Waals surface area contributed by atoms with E-state index in [1.54, 1.807) is 43.3 Å². The highest BCUT2D eigenvalue weighted by atomic mass is 35.5. The van der Waals surface area contributed by atoms with Gasteiger partial charge in [0.1, 0.15) is 0 Å². The molecule has 0 aliphatic carbocycles. The van der Waals surface area contributed by atoms with Gasteiger partial charge in [0, 0.05) is 16.3 Å². The highest BCUT2D eigenvalue weighted by Gasteiger charge is 2.11. The zero-order chi connectivity index (χ0) is 23.3. The SMILES string of the molecule is CC(=NNC(=O)c1ccc(C(C)C)cc1)c1ccc(NC(=O)c2ccc(Cl)cc2Cl)cc1. The number of nitrogens with one attached hydrogen (secondary N) is 2. The van der Waals surface area contributed by atoms with Gasteiger partial charge in [-0.3, -0.25) is 9.59 Å². The molecule has 3 aromatic carbocycles. The van der Waals surface area contributed by atoms with Gasteiger partial charge in [0.25, 0.3) is 11.8 Å². The van der Waals surface area contributed by atoms with Gasteiger partial charge < -0.3 is 5.32 Å². The predicted molar refractivity (Wildman–Crippen MR) is 131 cm³/mol. The number of rotatable bonds is 6. The Balaban J connectivity index is 1.62. The molecule has 0 fully saturated rings. The summed E-state index contributed by atoms with van der Waals surface area (Å²) in [6.45, 7) is 6.00. The number of hydrogen-bond acceptors (Lipinski definition) is 3. The summed E-state index contributed by atoms with van der Waals surface area (Å²) in [5.41, 5.74) is 6.68. The van der Waals surface area contributed by atoms with E-state index >= 15 is 0 Å². The van der Waals surface area contributed by atoms with Crippen LogP contribution in [-0.4, -0.2) is 17.5 Å². The molecule has 164 valence electrons.